The summed E-state index contributed by atoms with van der Waals surface area (Å²) >= 11 is 0. The van der Waals surface area contributed by atoms with Crippen LogP contribution in [0.4, 0.5) is 4.39 Å². The van der Waals surface area contributed by atoms with Crippen LogP contribution in [-0.4, -0.2) is 50.7 Å². The van der Waals surface area contributed by atoms with Crippen LogP contribution >= 0.6 is 0 Å². The van der Waals surface area contributed by atoms with Gasteiger partial charge >= 0.3 is 0 Å². The molecule has 5 nitrogen and oxygen atoms in total. The molecule has 0 radical (unpaired) electrons. The van der Waals surface area contributed by atoms with Crippen molar-refractivity contribution in [3.05, 3.63) is 30.1 Å². The summed E-state index contributed by atoms with van der Waals surface area (Å²) in [7, 11) is -3.81. The number of nitrogens with zero attached hydrogens (tertiary/aromatic N) is 1. The number of carbonyl (C=O) groups excluding carboxylic acids is 1. The molecule has 1 N–H and O–H groups in total. The largest absolute Gasteiger partial charge is 0.355 e. The molecule has 0 spiro atoms. The summed E-state index contributed by atoms with van der Waals surface area (Å²) in [5.41, 5.74) is 0. The molecule has 1 fully saturated rings. The molecule has 1 aromatic carbocycles. The van der Waals surface area contributed by atoms with Crippen LogP contribution < -0.4 is 5.32 Å². The molecule has 1 saturated heterocycles. The number of likely N-dealkylation sites (tertiary alicyclic amines) is 1. The zero-order chi connectivity index (χ0) is 18.4. The van der Waals surface area contributed by atoms with Gasteiger partial charge in [0.05, 0.1) is 4.90 Å². The summed E-state index contributed by atoms with van der Waals surface area (Å²) in [5.74, 6) is -0.316. The summed E-state index contributed by atoms with van der Waals surface area (Å²) < 4.78 is 37.8. The van der Waals surface area contributed by atoms with E-state index in [1.54, 1.807) is 0 Å². The standard InChI is InChI=1S/C18H27FN2O3S/c1-14-5-3-11-21(13-14)12-4-10-20-18(22)15(2)25(23,24)17-8-6-16(19)7-9-17/h6-9,14-15H,3-5,10-13H2,1-2H3,(H,20,22). The first-order valence-electron chi connectivity index (χ1n) is 8.80. The molecule has 1 aliphatic heterocycles. The molecular weight excluding hydrogens is 343 g/mol. The maximum absolute atomic E-state index is 12.9. The van der Waals surface area contributed by atoms with Gasteiger partial charge in [-0.25, -0.2) is 12.8 Å². The Morgan fingerprint density at radius 3 is 2.68 bits per heavy atom. The van der Waals surface area contributed by atoms with E-state index in [1.165, 1.54) is 31.9 Å². The van der Waals surface area contributed by atoms with Crippen molar-refractivity contribution in [3.63, 3.8) is 0 Å². The van der Waals surface area contributed by atoms with Crippen LogP contribution in [0, 0.1) is 11.7 Å². The number of piperidine rings is 1. The number of sulfone groups is 1. The van der Waals surface area contributed by atoms with E-state index in [4.69, 9.17) is 0 Å². The highest BCUT2D eigenvalue weighted by atomic mass is 32.2. The van der Waals surface area contributed by atoms with E-state index in [-0.39, 0.29) is 4.90 Å². The zero-order valence-electron chi connectivity index (χ0n) is 14.9. The lowest BCUT2D eigenvalue weighted by Crippen LogP contribution is -2.40. The maximum atomic E-state index is 12.9. The van der Waals surface area contributed by atoms with Gasteiger partial charge in [-0.1, -0.05) is 6.92 Å². The molecule has 0 bridgehead atoms. The highest BCUT2D eigenvalue weighted by Crippen LogP contribution is 2.17. The Balaban J connectivity index is 1.80. The second kappa shape index (κ2) is 8.76. The highest BCUT2D eigenvalue weighted by molar-refractivity contribution is 7.92. The van der Waals surface area contributed by atoms with Crippen LogP contribution in [0.1, 0.15) is 33.1 Å². The van der Waals surface area contributed by atoms with Gasteiger partial charge in [-0.05, 0) is 69.5 Å². The lowest BCUT2D eigenvalue weighted by molar-refractivity contribution is -0.120. The van der Waals surface area contributed by atoms with Crippen molar-refractivity contribution in [2.75, 3.05) is 26.2 Å². The Kier molecular flexibility index (Phi) is 6.95. The first-order valence-corrected chi connectivity index (χ1v) is 10.3. The number of hydrogen-bond donors (Lipinski definition) is 1. The molecule has 2 unspecified atom stereocenters. The van der Waals surface area contributed by atoms with Crippen molar-refractivity contribution in [1.29, 1.82) is 0 Å². The minimum atomic E-state index is -3.81. The molecule has 25 heavy (non-hydrogen) atoms. The zero-order valence-corrected chi connectivity index (χ0v) is 15.7. The third kappa shape index (κ3) is 5.51. The second-order valence-electron chi connectivity index (χ2n) is 6.83. The van der Waals surface area contributed by atoms with Crippen molar-refractivity contribution in [3.8, 4) is 0 Å². The van der Waals surface area contributed by atoms with Gasteiger partial charge in [-0.3, -0.25) is 4.79 Å². The fraction of sp³-hybridized carbons (Fsp3) is 0.611. The molecule has 1 aromatic rings. The van der Waals surface area contributed by atoms with E-state index in [9.17, 15) is 17.6 Å². The number of nitrogens with one attached hydrogen (secondary N) is 1. The van der Waals surface area contributed by atoms with Crippen LogP contribution in [0.3, 0.4) is 0 Å². The Morgan fingerprint density at radius 2 is 2.04 bits per heavy atom. The monoisotopic (exact) mass is 370 g/mol. The minimum Gasteiger partial charge on any atom is -0.355 e. The molecule has 0 aliphatic carbocycles. The lowest BCUT2D eigenvalue weighted by Gasteiger charge is -2.30. The average Bonchev–Trinajstić information content (AvgIpc) is 2.58. The van der Waals surface area contributed by atoms with Crippen LogP contribution in [0.2, 0.25) is 0 Å². The van der Waals surface area contributed by atoms with Gasteiger partial charge in [0.15, 0.2) is 9.84 Å². The molecule has 1 aliphatic rings. The minimum absolute atomic E-state index is 0.0427. The van der Waals surface area contributed by atoms with Crippen LogP contribution in [0.15, 0.2) is 29.2 Å². The van der Waals surface area contributed by atoms with Gasteiger partial charge < -0.3 is 10.2 Å². The third-order valence-electron chi connectivity index (χ3n) is 4.67. The smallest absolute Gasteiger partial charge is 0.238 e. The molecular formula is C18H27FN2O3S. The fourth-order valence-electron chi connectivity index (χ4n) is 3.12. The number of carbonyl (C=O) groups is 1. The summed E-state index contributed by atoms with van der Waals surface area (Å²) in [4.78, 5) is 14.5. The number of hydrogen-bond acceptors (Lipinski definition) is 4. The van der Waals surface area contributed by atoms with Crippen molar-refractivity contribution in [2.24, 2.45) is 5.92 Å². The van der Waals surface area contributed by atoms with Gasteiger partial charge in [0.1, 0.15) is 11.1 Å². The summed E-state index contributed by atoms with van der Waals surface area (Å²) in [6.45, 7) is 7.14. The molecule has 1 heterocycles. The highest BCUT2D eigenvalue weighted by Gasteiger charge is 2.29. The molecule has 2 rings (SSSR count). The SMILES string of the molecule is CC1CCCN(CCCNC(=O)C(C)S(=O)(=O)c2ccc(F)cc2)C1. The van der Waals surface area contributed by atoms with Gasteiger partial charge in [-0.15, -0.1) is 0 Å². The van der Waals surface area contributed by atoms with Gasteiger partial charge in [0.2, 0.25) is 5.91 Å². The topological polar surface area (TPSA) is 66.5 Å². The van der Waals surface area contributed by atoms with Gasteiger partial charge in [0.25, 0.3) is 0 Å². The Hall–Kier alpha value is -1.47. The molecule has 0 aromatic heterocycles. The lowest BCUT2D eigenvalue weighted by atomic mass is 10.0. The first-order chi connectivity index (χ1) is 11.8. The van der Waals surface area contributed by atoms with E-state index in [2.05, 4.69) is 17.1 Å². The summed E-state index contributed by atoms with van der Waals surface area (Å²) in [5, 5.41) is 1.50. The molecule has 1 amide bonds. The predicted octanol–water partition coefficient (Wildman–Crippen LogP) is 2.23. The van der Waals surface area contributed by atoms with Crippen molar-refractivity contribution >= 4 is 15.7 Å². The van der Waals surface area contributed by atoms with Crippen molar-refractivity contribution < 1.29 is 17.6 Å². The van der Waals surface area contributed by atoms with E-state index < -0.39 is 26.8 Å². The van der Waals surface area contributed by atoms with E-state index in [0.717, 1.165) is 38.2 Å². The number of benzene rings is 1. The predicted molar refractivity (Wildman–Crippen MR) is 95.5 cm³/mol. The van der Waals surface area contributed by atoms with E-state index in [1.807, 2.05) is 0 Å². The van der Waals surface area contributed by atoms with Gasteiger partial charge in [0, 0.05) is 13.1 Å². The normalized spacial score (nSPS) is 20.2. The van der Waals surface area contributed by atoms with Crippen molar-refractivity contribution in [2.45, 2.75) is 43.3 Å². The van der Waals surface area contributed by atoms with Crippen LogP contribution in [0.5, 0.6) is 0 Å². The molecule has 2 atom stereocenters. The van der Waals surface area contributed by atoms with Crippen LogP contribution in [0.25, 0.3) is 0 Å². The fourth-order valence-corrected chi connectivity index (χ4v) is 4.41. The summed E-state index contributed by atoms with van der Waals surface area (Å²) in [6.07, 6.45) is 3.27. The Labute approximate surface area is 149 Å². The van der Waals surface area contributed by atoms with Crippen molar-refractivity contribution in [1.82, 2.24) is 10.2 Å². The van der Waals surface area contributed by atoms with Gasteiger partial charge in [-0.2, -0.15) is 0 Å². The Bertz CT molecular complexity index is 676. The first kappa shape index (κ1) is 19.8. The van der Waals surface area contributed by atoms with Crippen LogP contribution in [-0.2, 0) is 14.6 Å². The van der Waals surface area contributed by atoms with E-state index in [0.29, 0.717) is 12.5 Å². The second-order valence-corrected chi connectivity index (χ2v) is 9.10. The Morgan fingerprint density at radius 1 is 1.36 bits per heavy atom. The molecule has 0 saturated carbocycles. The average molecular weight is 370 g/mol. The van der Waals surface area contributed by atoms with E-state index >= 15 is 0 Å². The molecule has 7 heteroatoms. The number of halogens is 1. The summed E-state index contributed by atoms with van der Waals surface area (Å²) in [6, 6.07) is 4.53. The third-order valence-corrected chi connectivity index (χ3v) is 6.74. The number of rotatable bonds is 7. The maximum Gasteiger partial charge on any atom is 0.238 e. The quantitative estimate of drug-likeness (QED) is 0.590. The number of amides is 1. The molecule has 140 valence electrons.